The Labute approximate surface area is 70.3 Å². The van der Waals surface area contributed by atoms with E-state index >= 15 is 0 Å². The zero-order valence-electron chi connectivity index (χ0n) is 6.64. The quantitative estimate of drug-likeness (QED) is 0.520. The Hall–Kier alpha value is -1.58. The average Bonchev–Trinajstić information content (AvgIpc) is 1.98. The van der Waals surface area contributed by atoms with Gasteiger partial charge in [0.25, 0.3) is 5.91 Å². The zero-order chi connectivity index (χ0) is 9.14. The smallest absolute Gasteiger partial charge is 0.312 e. The number of carbonyl (C=O) groups is 2. The second-order valence-electron chi connectivity index (χ2n) is 2.62. The number of urea groups is 1. The van der Waals surface area contributed by atoms with Crippen LogP contribution in [0.3, 0.4) is 0 Å². The summed E-state index contributed by atoms with van der Waals surface area (Å²) in [5.74, 6) is -0.417. The molecule has 12 heavy (non-hydrogen) atoms. The maximum Gasteiger partial charge on any atom is 0.325 e. The first-order chi connectivity index (χ1) is 5.59. The van der Waals surface area contributed by atoms with E-state index in [9.17, 15) is 9.59 Å². The molecule has 0 aliphatic carbocycles. The highest BCUT2D eigenvalue weighted by atomic mass is 16.2. The third-order valence-corrected chi connectivity index (χ3v) is 1.57. The second-order valence-corrected chi connectivity index (χ2v) is 2.62. The molecule has 0 aromatic rings. The van der Waals surface area contributed by atoms with Crippen molar-refractivity contribution in [1.82, 2.24) is 10.6 Å². The lowest BCUT2D eigenvalue weighted by Gasteiger charge is -2.14. The molecule has 1 saturated heterocycles. The van der Waals surface area contributed by atoms with E-state index in [1.807, 2.05) is 0 Å². The number of hydrogen-bond donors (Lipinski definition) is 2. The predicted molar refractivity (Wildman–Crippen MR) is 44.2 cm³/mol. The van der Waals surface area contributed by atoms with Crippen molar-refractivity contribution in [2.75, 3.05) is 0 Å². The van der Waals surface area contributed by atoms with E-state index < -0.39 is 11.9 Å². The van der Waals surface area contributed by atoms with Crippen molar-refractivity contribution in [3.8, 4) is 0 Å². The largest absolute Gasteiger partial charge is 0.325 e. The minimum absolute atomic E-state index is 0.408. The lowest BCUT2D eigenvalue weighted by Crippen LogP contribution is -2.41. The summed E-state index contributed by atoms with van der Waals surface area (Å²) in [7, 11) is 0. The molecule has 0 atom stereocenters. The highest BCUT2D eigenvalue weighted by Crippen LogP contribution is 2.08. The van der Waals surface area contributed by atoms with Crippen molar-refractivity contribution in [2.24, 2.45) is 0 Å². The summed E-state index contributed by atoms with van der Waals surface area (Å²) in [6, 6.07) is -0.536. The van der Waals surface area contributed by atoms with E-state index in [1.165, 1.54) is 0 Å². The molecule has 3 amide bonds. The van der Waals surface area contributed by atoms with Crippen LogP contribution in [0, 0.1) is 0 Å². The third-order valence-electron chi connectivity index (χ3n) is 1.57. The highest BCUT2D eigenvalue weighted by molar-refractivity contribution is 6.04. The van der Waals surface area contributed by atoms with E-state index in [0.29, 0.717) is 24.1 Å². The normalized spacial score (nSPS) is 19.3. The van der Waals surface area contributed by atoms with Gasteiger partial charge in [-0.05, 0) is 12.8 Å². The molecular weight excluding hydrogens is 156 g/mol. The van der Waals surface area contributed by atoms with E-state index in [1.54, 1.807) is 0 Å². The van der Waals surface area contributed by atoms with Gasteiger partial charge >= 0.3 is 6.03 Å². The summed E-state index contributed by atoms with van der Waals surface area (Å²) in [4.78, 5) is 21.8. The van der Waals surface area contributed by atoms with Gasteiger partial charge < -0.3 is 5.32 Å². The number of nitrogens with one attached hydrogen (secondary N) is 2. The minimum Gasteiger partial charge on any atom is -0.312 e. The fourth-order valence-electron chi connectivity index (χ4n) is 0.861. The van der Waals surface area contributed by atoms with Crippen molar-refractivity contribution >= 4 is 11.9 Å². The van der Waals surface area contributed by atoms with Crippen molar-refractivity contribution < 1.29 is 9.59 Å². The molecule has 4 nitrogen and oxygen atoms in total. The Balaban J connectivity index is 2.71. The molecule has 0 radical (unpaired) electrons. The molecule has 1 heterocycles. The summed E-state index contributed by atoms with van der Waals surface area (Å²) < 4.78 is 0. The van der Waals surface area contributed by atoms with Crippen LogP contribution >= 0.6 is 0 Å². The van der Waals surface area contributed by atoms with Gasteiger partial charge in [0.1, 0.15) is 0 Å². The third kappa shape index (κ3) is 1.95. The highest BCUT2D eigenvalue weighted by Gasteiger charge is 2.15. The Bertz CT molecular complexity index is 268. The molecule has 1 fully saturated rings. The number of hydrogen-bond acceptors (Lipinski definition) is 2. The maximum absolute atomic E-state index is 11.0. The van der Waals surface area contributed by atoms with Gasteiger partial charge in [-0.3, -0.25) is 10.1 Å². The molecule has 2 N–H and O–H groups in total. The van der Waals surface area contributed by atoms with E-state index in [4.69, 9.17) is 0 Å². The first-order valence-corrected chi connectivity index (χ1v) is 3.57. The standard InChI is InChI=1S/C8H10N2O2/c1-5-3-4-6(2)9-8(12)10-7(5)11/h1-4H2,(H2,9,10,11,12). The van der Waals surface area contributed by atoms with Crippen LogP contribution in [0.4, 0.5) is 4.79 Å². The van der Waals surface area contributed by atoms with Gasteiger partial charge in [0, 0.05) is 11.3 Å². The van der Waals surface area contributed by atoms with Gasteiger partial charge in [-0.2, -0.15) is 0 Å². The van der Waals surface area contributed by atoms with Gasteiger partial charge in [-0.15, -0.1) is 0 Å². The number of imide groups is 1. The number of carbonyl (C=O) groups excluding carboxylic acids is 2. The van der Waals surface area contributed by atoms with Crippen molar-refractivity contribution in [3.63, 3.8) is 0 Å². The summed E-state index contributed by atoms with van der Waals surface area (Å²) in [6.45, 7) is 7.13. The summed E-state index contributed by atoms with van der Waals surface area (Å²) in [5.41, 5.74) is 1.01. The van der Waals surface area contributed by atoms with Gasteiger partial charge in [0.15, 0.2) is 0 Å². The molecule has 4 heteroatoms. The van der Waals surface area contributed by atoms with Crippen LogP contribution in [0.15, 0.2) is 24.4 Å². The van der Waals surface area contributed by atoms with Gasteiger partial charge in [-0.25, -0.2) is 4.79 Å². The molecule has 0 saturated carbocycles. The molecule has 0 bridgehead atoms. The molecule has 1 rings (SSSR count). The topological polar surface area (TPSA) is 58.2 Å². The Morgan fingerprint density at radius 1 is 1.08 bits per heavy atom. The van der Waals surface area contributed by atoms with Crippen molar-refractivity contribution in [2.45, 2.75) is 12.8 Å². The van der Waals surface area contributed by atoms with E-state index in [-0.39, 0.29) is 0 Å². The molecule has 64 valence electrons. The van der Waals surface area contributed by atoms with Crippen molar-refractivity contribution in [1.29, 1.82) is 0 Å². The SMILES string of the molecule is C=C1CCC(=C)C(=O)NC(=O)N1. The van der Waals surface area contributed by atoms with Crippen LogP contribution < -0.4 is 10.6 Å². The Kier molecular flexibility index (Phi) is 2.28. The zero-order valence-corrected chi connectivity index (χ0v) is 6.64. The van der Waals surface area contributed by atoms with Crippen LogP contribution in [0.25, 0.3) is 0 Å². The lowest BCUT2D eigenvalue weighted by atomic mass is 10.1. The van der Waals surface area contributed by atoms with E-state index in [2.05, 4.69) is 23.8 Å². The van der Waals surface area contributed by atoms with Crippen LogP contribution in [0.2, 0.25) is 0 Å². The molecule has 0 unspecified atom stereocenters. The fourth-order valence-corrected chi connectivity index (χ4v) is 0.861. The molecule has 1 aliphatic rings. The van der Waals surface area contributed by atoms with Crippen LogP contribution in [0.1, 0.15) is 12.8 Å². The van der Waals surface area contributed by atoms with Crippen molar-refractivity contribution in [3.05, 3.63) is 24.4 Å². The minimum atomic E-state index is -0.536. The first kappa shape index (κ1) is 8.52. The molecular formula is C8H10N2O2. The summed E-state index contributed by atoms with van der Waals surface area (Å²) in [5, 5.41) is 4.54. The summed E-state index contributed by atoms with van der Waals surface area (Å²) in [6.07, 6.45) is 1.10. The predicted octanol–water partition coefficient (Wildman–Crippen LogP) is 0.676. The number of allylic oxidation sites excluding steroid dienone is 1. The fraction of sp³-hybridized carbons (Fsp3) is 0.250. The molecule has 1 aliphatic heterocycles. The number of amides is 3. The van der Waals surface area contributed by atoms with Crippen LogP contribution in [-0.2, 0) is 4.79 Å². The first-order valence-electron chi connectivity index (χ1n) is 3.57. The maximum atomic E-state index is 11.0. The average molecular weight is 166 g/mol. The van der Waals surface area contributed by atoms with Crippen LogP contribution in [-0.4, -0.2) is 11.9 Å². The van der Waals surface area contributed by atoms with Crippen LogP contribution in [0.5, 0.6) is 0 Å². The molecule has 0 aromatic carbocycles. The lowest BCUT2D eigenvalue weighted by molar-refractivity contribution is -0.116. The van der Waals surface area contributed by atoms with Gasteiger partial charge in [0.2, 0.25) is 0 Å². The summed E-state index contributed by atoms with van der Waals surface area (Å²) >= 11 is 0. The molecule has 0 spiro atoms. The molecule has 0 aromatic heterocycles. The Morgan fingerprint density at radius 3 is 2.42 bits per heavy atom. The van der Waals surface area contributed by atoms with E-state index in [0.717, 1.165) is 0 Å². The van der Waals surface area contributed by atoms with Gasteiger partial charge in [0.05, 0.1) is 0 Å². The van der Waals surface area contributed by atoms with Gasteiger partial charge in [-0.1, -0.05) is 13.2 Å². The second kappa shape index (κ2) is 3.21. The Morgan fingerprint density at radius 2 is 1.75 bits per heavy atom. The number of rotatable bonds is 0. The monoisotopic (exact) mass is 166 g/mol.